The van der Waals surface area contributed by atoms with Gasteiger partial charge in [-0.25, -0.2) is 0 Å². The number of carbonyl (C=O) groups is 2. The van der Waals surface area contributed by atoms with Crippen LogP contribution in [-0.4, -0.2) is 11.8 Å². The molecular formula is C29H38N2O2. The van der Waals surface area contributed by atoms with Gasteiger partial charge in [0, 0.05) is 17.7 Å². The summed E-state index contributed by atoms with van der Waals surface area (Å²) in [4.78, 5) is 23.2. The Hall–Kier alpha value is -3.40. The fourth-order valence-electron chi connectivity index (χ4n) is 2.83. The van der Waals surface area contributed by atoms with Crippen LogP contribution in [0.1, 0.15) is 68.6 Å². The molecule has 0 bridgehead atoms. The highest BCUT2D eigenvalue weighted by Gasteiger charge is 2.04. The summed E-state index contributed by atoms with van der Waals surface area (Å²) in [5, 5.41) is 2.78. The zero-order valence-electron chi connectivity index (χ0n) is 19.8. The van der Waals surface area contributed by atoms with Crippen molar-refractivity contribution in [2.24, 2.45) is 5.73 Å². The highest BCUT2D eigenvalue weighted by Crippen LogP contribution is 2.11. The molecule has 0 radical (unpaired) electrons. The molecule has 0 saturated heterocycles. The zero-order chi connectivity index (χ0) is 24.0. The van der Waals surface area contributed by atoms with Crippen molar-refractivity contribution in [2.45, 2.75) is 58.3 Å². The molecule has 2 amide bonds. The Morgan fingerprint density at radius 1 is 0.758 bits per heavy atom. The molecule has 4 heteroatoms. The molecule has 33 heavy (non-hydrogen) atoms. The van der Waals surface area contributed by atoms with E-state index in [2.05, 4.69) is 79.1 Å². The van der Waals surface area contributed by atoms with Gasteiger partial charge in [0.15, 0.2) is 0 Å². The van der Waals surface area contributed by atoms with E-state index in [0.717, 1.165) is 38.5 Å². The number of anilines is 1. The van der Waals surface area contributed by atoms with Gasteiger partial charge >= 0.3 is 0 Å². The third-order valence-corrected chi connectivity index (χ3v) is 4.57. The van der Waals surface area contributed by atoms with Crippen LogP contribution in [0.25, 0.3) is 0 Å². The number of benzene rings is 1. The van der Waals surface area contributed by atoms with Crippen LogP contribution in [0.3, 0.4) is 0 Å². The van der Waals surface area contributed by atoms with Crippen molar-refractivity contribution >= 4 is 17.5 Å². The number of amides is 2. The Morgan fingerprint density at radius 3 is 1.73 bits per heavy atom. The van der Waals surface area contributed by atoms with Crippen molar-refractivity contribution in [1.29, 1.82) is 0 Å². The first-order valence-corrected chi connectivity index (χ1v) is 11.7. The highest BCUT2D eigenvalue weighted by atomic mass is 16.2. The summed E-state index contributed by atoms with van der Waals surface area (Å²) in [5.41, 5.74) is 6.21. The first-order valence-electron chi connectivity index (χ1n) is 11.7. The third-order valence-electron chi connectivity index (χ3n) is 4.57. The standard InChI is InChI=1S/C29H38N2O2/c1-2-3-4-5-6-7-8-9-10-11-12-13-14-15-16-17-18-19-20-24-28(32)31-27-23-21-22-26(25-27)29(30)33/h3-4,6-7,9-10,12-13,15-16,18-19,21-23,25H,2,5,8,11,14,17,20,24H2,1H3,(H2,30,33)(H,31,32). The van der Waals surface area contributed by atoms with Crippen molar-refractivity contribution in [3.05, 3.63) is 103 Å². The van der Waals surface area contributed by atoms with Gasteiger partial charge in [-0.3, -0.25) is 9.59 Å². The first kappa shape index (κ1) is 27.6. The molecule has 0 aliphatic heterocycles. The number of rotatable bonds is 16. The molecule has 3 N–H and O–H groups in total. The van der Waals surface area contributed by atoms with Gasteiger partial charge in [0.25, 0.3) is 0 Å². The predicted molar refractivity (Wildman–Crippen MR) is 141 cm³/mol. The summed E-state index contributed by atoms with van der Waals surface area (Å²) in [6.07, 6.45) is 32.8. The third kappa shape index (κ3) is 16.0. The van der Waals surface area contributed by atoms with Gasteiger partial charge in [0.2, 0.25) is 11.8 Å². The molecule has 0 heterocycles. The van der Waals surface area contributed by atoms with Crippen molar-refractivity contribution in [3.63, 3.8) is 0 Å². The molecule has 1 aromatic carbocycles. The Morgan fingerprint density at radius 2 is 1.24 bits per heavy atom. The molecule has 0 unspecified atom stereocenters. The Kier molecular flexibility index (Phi) is 16.2. The van der Waals surface area contributed by atoms with E-state index in [4.69, 9.17) is 5.73 Å². The van der Waals surface area contributed by atoms with Crippen LogP contribution in [0.5, 0.6) is 0 Å². The highest BCUT2D eigenvalue weighted by molar-refractivity contribution is 5.96. The maximum absolute atomic E-state index is 12.0. The van der Waals surface area contributed by atoms with E-state index < -0.39 is 5.91 Å². The second-order valence-corrected chi connectivity index (χ2v) is 7.45. The van der Waals surface area contributed by atoms with Crippen LogP contribution >= 0.6 is 0 Å². The van der Waals surface area contributed by atoms with E-state index in [9.17, 15) is 9.59 Å². The summed E-state index contributed by atoms with van der Waals surface area (Å²) >= 11 is 0. The average molecular weight is 447 g/mol. The molecule has 0 aliphatic rings. The number of hydrogen-bond acceptors (Lipinski definition) is 2. The molecule has 0 saturated carbocycles. The first-order chi connectivity index (χ1) is 16.1. The number of nitrogens with two attached hydrogens (primary N) is 1. The van der Waals surface area contributed by atoms with Crippen LogP contribution in [-0.2, 0) is 4.79 Å². The molecule has 176 valence electrons. The van der Waals surface area contributed by atoms with Crippen molar-refractivity contribution < 1.29 is 9.59 Å². The molecule has 0 fully saturated rings. The van der Waals surface area contributed by atoms with Gasteiger partial charge in [-0.05, 0) is 63.1 Å². The number of primary amides is 1. The zero-order valence-corrected chi connectivity index (χ0v) is 19.8. The van der Waals surface area contributed by atoms with Gasteiger partial charge in [-0.1, -0.05) is 85.9 Å². The van der Waals surface area contributed by atoms with Crippen molar-refractivity contribution in [3.8, 4) is 0 Å². The van der Waals surface area contributed by atoms with Crippen molar-refractivity contribution in [1.82, 2.24) is 0 Å². The molecule has 0 aromatic heterocycles. The monoisotopic (exact) mass is 446 g/mol. The molecule has 0 spiro atoms. The van der Waals surface area contributed by atoms with E-state index in [1.54, 1.807) is 24.3 Å². The van der Waals surface area contributed by atoms with Crippen LogP contribution in [0.4, 0.5) is 5.69 Å². The molecule has 1 rings (SSSR count). The van der Waals surface area contributed by atoms with Gasteiger partial charge in [0.1, 0.15) is 0 Å². The summed E-state index contributed by atoms with van der Waals surface area (Å²) < 4.78 is 0. The largest absolute Gasteiger partial charge is 0.366 e. The van der Waals surface area contributed by atoms with Crippen LogP contribution < -0.4 is 11.1 Å². The van der Waals surface area contributed by atoms with Gasteiger partial charge in [-0.15, -0.1) is 0 Å². The topological polar surface area (TPSA) is 72.2 Å². The minimum atomic E-state index is -0.510. The number of hydrogen-bond donors (Lipinski definition) is 2. The second kappa shape index (κ2) is 19.3. The van der Waals surface area contributed by atoms with Gasteiger partial charge < -0.3 is 11.1 Å². The van der Waals surface area contributed by atoms with Crippen LogP contribution in [0.15, 0.2) is 97.2 Å². The fourth-order valence-corrected chi connectivity index (χ4v) is 2.83. The smallest absolute Gasteiger partial charge is 0.248 e. The lowest BCUT2D eigenvalue weighted by Gasteiger charge is -2.05. The fraction of sp³-hybridized carbons (Fsp3) is 0.310. The maximum Gasteiger partial charge on any atom is 0.248 e. The van der Waals surface area contributed by atoms with Gasteiger partial charge in [-0.2, -0.15) is 0 Å². The summed E-state index contributed by atoms with van der Waals surface area (Å²) in [7, 11) is 0. The minimum Gasteiger partial charge on any atom is -0.366 e. The molecule has 0 aliphatic carbocycles. The second-order valence-electron chi connectivity index (χ2n) is 7.45. The number of carbonyl (C=O) groups excluding carboxylic acids is 2. The molecule has 1 aromatic rings. The minimum absolute atomic E-state index is 0.0869. The van der Waals surface area contributed by atoms with Crippen LogP contribution in [0.2, 0.25) is 0 Å². The quantitative estimate of drug-likeness (QED) is 0.263. The van der Waals surface area contributed by atoms with E-state index in [-0.39, 0.29) is 5.91 Å². The molecule has 4 nitrogen and oxygen atoms in total. The Labute approximate surface area is 199 Å². The van der Waals surface area contributed by atoms with Crippen molar-refractivity contribution in [2.75, 3.05) is 5.32 Å². The van der Waals surface area contributed by atoms with Gasteiger partial charge in [0.05, 0.1) is 0 Å². The van der Waals surface area contributed by atoms with E-state index in [0.29, 0.717) is 24.1 Å². The summed E-state index contributed by atoms with van der Waals surface area (Å²) in [5.74, 6) is -0.597. The Balaban J connectivity index is 2.07. The lowest BCUT2D eigenvalue weighted by Crippen LogP contribution is -2.13. The maximum atomic E-state index is 12.0. The average Bonchev–Trinajstić information content (AvgIpc) is 2.80. The lowest BCUT2D eigenvalue weighted by molar-refractivity contribution is -0.116. The number of nitrogens with one attached hydrogen (secondary N) is 1. The molecular weight excluding hydrogens is 408 g/mol. The Bertz CT molecular complexity index is 873. The van der Waals surface area contributed by atoms with E-state index in [1.807, 2.05) is 6.08 Å². The van der Waals surface area contributed by atoms with E-state index >= 15 is 0 Å². The molecule has 0 atom stereocenters. The van der Waals surface area contributed by atoms with E-state index in [1.165, 1.54) is 0 Å². The summed E-state index contributed by atoms with van der Waals surface area (Å²) in [6.45, 7) is 2.15. The number of allylic oxidation sites excluding steroid dienone is 12. The predicted octanol–water partition coefficient (Wildman–Crippen LogP) is 7.20. The SMILES string of the molecule is CCC=CCC=CCC=CCC=CCC=CCC=CCCC(=O)Nc1cccc(C(N)=O)c1. The normalized spacial score (nSPS) is 12.4. The lowest BCUT2D eigenvalue weighted by atomic mass is 10.2. The van der Waals surface area contributed by atoms with Crippen LogP contribution in [0, 0.1) is 0 Å². The summed E-state index contributed by atoms with van der Waals surface area (Å²) in [6, 6.07) is 6.63.